The molecule has 1 saturated heterocycles. The second-order valence-electron chi connectivity index (χ2n) is 6.62. The van der Waals surface area contributed by atoms with Gasteiger partial charge in [0.1, 0.15) is 0 Å². The number of hydrogen-bond acceptors (Lipinski definition) is 4. The molecular weight excluding hydrogens is 310 g/mol. The normalized spacial score (nSPS) is 18.4. The number of hydrogen-bond donors (Lipinski definition) is 1. The summed E-state index contributed by atoms with van der Waals surface area (Å²) in [6.45, 7) is 6.30. The molecule has 3 heterocycles. The third kappa shape index (κ3) is 3.62. The molecule has 1 aliphatic rings. The van der Waals surface area contributed by atoms with Crippen LogP contribution in [0.2, 0.25) is 0 Å². The van der Waals surface area contributed by atoms with E-state index in [0.29, 0.717) is 6.04 Å². The van der Waals surface area contributed by atoms with Gasteiger partial charge in [0.25, 0.3) is 0 Å². The minimum absolute atomic E-state index is 0.528. The van der Waals surface area contributed by atoms with Gasteiger partial charge in [-0.25, -0.2) is 4.68 Å². The van der Waals surface area contributed by atoms with Gasteiger partial charge in [0.05, 0.1) is 11.4 Å². The molecule has 0 spiro atoms. The lowest BCUT2D eigenvalue weighted by Gasteiger charge is -2.31. The van der Waals surface area contributed by atoms with Crippen molar-refractivity contribution in [1.29, 1.82) is 0 Å². The second kappa shape index (κ2) is 7.17. The van der Waals surface area contributed by atoms with Gasteiger partial charge in [0.15, 0.2) is 0 Å². The Labute approximate surface area is 148 Å². The topological polar surface area (TPSA) is 46.0 Å². The third-order valence-electron chi connectivity index (χ3n) is 4.59. The molecular formula is C20H23N5. The van der Waals surface area contributed by atoms with Crippen LogP contribution in [0.15, 0.2) is 61.1 Å². The summed E-state index contributed by atoms with van der Waals surface area (Å²) in [5, 5.41) is 8.37. The molecule has 1 N–H and O–H groups in total. The summed E-state index contributed by atoms with van der Waals surface area (Å²) in [4.78, 5) is 6.76. The van der Waals surface area contributed by atoms with Crippen LogP contribution < -0.4 is 5.32 Å². The highest BCUT2D eigenvalue weighted by Crippen LogP contribution is 2.24. The van der Waals surface area contributed by atoms with Crippen LogP contribution in [0, 0.1) is 0 Å². The fourth-order valence-electron chi connectivity index (χ4n) is 3.38. The number of benzene rings is 1. The first kappa shape index (κ1) is 16.0. The standard InChI is InChI=1S/C20H23N5/c1-16-13-24(11-10-22-16)14-18-15-25(19-7-3-2-4-8-19)23-20(18)17-6-5-9-21-12-17/h2-9,12,15-16,22H,10-11,13-14H2,1H3/t16-/m0/s1. The zero-order chi connectivity index (χ0) is 17.1. The molecule has 3 aromatic rings. The first-order chi connectivity index (χ1) is 12.3. The smallest absolute Gasteiger partial charge is 0.0988 e. The number of nitrogens with one attached hydrogen (secondary N) is 1. The monoisotopic (exact) mass is 333 g/mol. The SMILES string of the molecule is C[C@H]1CN(Cc2cn(-c3ccccc3)nc2-c2cccnc2)CCN1. The highest BCUT2D eigenvalue weighted by molar-refractivity contribution is 5.62. The minimum atomic E-state index is 0.528. The Kier molecular flexibility index (Phi) is 4.59. The molecule has 0 saturated carbocycles. The Bertz CT molecular complexity index is 813. The molecule has 0 amide bonds. The van der Waals surface area contributed by atoms with Crippen molar-refractivity contribution in [1.82, 2.24) is 25.0 Å². The molecule has 128 valence electrons. The zero-order valence-corrected chi connectivity index (χ0v) is 14.5. The Morgan fingerprint density at radius 2 is 2.04 bits per heavy atom. The number of rotatable bonds is 4. The average molecular weight is 333 g/mol. The fourth-order valence-corrected chi connectivity index (χ4v) is 3.38. The van der Waals surface area contributed by atoms with E-state index in [1.165, 1.54) is 5.56 Å². The van der Waals surface area contributed by atoms with E-state index >= 15 is 0 Å². The summed E-state index contributed by atoms with van der Waals surface area (Å²) in [6, 6.07) is 14.8. The molecule has 5 nitrogen and oxygen atoms in total. The summed E-state index contributed by atoms with van der Waals surface area (Å²) in [5.41, 5.74) is 4.40. The van der Waals surface area contributed by atoms with E-state index in [4.69, 9.17) is 5.10 Å². The highest BCUT2D eigenvalue weighted by atomic mass is 15.3. The van der Waals surface area contributed by atoms with Crippen LogP contribution >= 0.6 is 0 Å². The Balaban J connectivity index is 1.69. The van der Waals surface area contributed by atoms with Crippen LogP contribution in [0.25, 0.3) is 16.9 Å². The van der Waals surface area contributed by atoms with Crippen molar-refractivity contribution in [2.45, 2.75) is 19.5 Å². The van der Waals surface area contributed by atoms with Crippen LogP contribution in [0.3, 0.4) is 0 Å². The Morgan fingerprint density at radius 1 is 1.16 bits per heavy atom. The van der Waals surface area contributed by atoms with Crippen molar-refractivity contribution in [3.8, 4) is 16.9 Å². The van der Waals surface area contributed by atoms with Gasteiger partial charge in [-0.05, 0) is 31.2 Å². The molecule has 1 aromatic carbocycles. The predicted octanol–water partition coefficient (Wildman–Crippen LogP) is 2.73. The number of para-hydroxylation sites is 1. The van der Waals surface area contributed by atoms with Gasteiger partial charge in [-0.2, -0.15) is 5.10 Å². The maximum Gasteiger partial charge on any atom is 0.0988 e. The maximum absolute atomic E-state index is 4.87. The molecule has 25 heavy (non-hydrogen) atoms. The molecule has 1 fully saturated rings. The van der Waals surface area contributed by atoms with Crippen LogP contribution in [0.1, 0.15) is 12.5 Å². The lowest BCUT2D eigenvalue weighted by molar-refractivity contribution is 0.200. The van der Waals surface area contributed by atoms with Crippen molar-refractivity contribution in [2.24, 2.45) is 0 Å². The first-order valence-corrected chi connectivity index (χ1v) is 8.80. The van der Waals surface area contributed by atoms with E-state index in [0.717, 1.165) is 43.1 Å². The van der Waals surface area contributed by atoms with Crippen molar-refractivity contribution >= 4 is 0 Å². The third-order valence-corrected chi connectivity index (χ3v) is 4.59. The summed E-state index contributed by atoms with van der Waals surface area (Å²) in [6.07, 6.45) is 5.85. The molecule has 4 rings (SSSR count). The molecule has 0 unspecified atom stereocenters. The molecule has 2 aromatic heterocycles. The summed E-state index contributed by atoms with van der Waals surface area (Å²) in [7, 11) is 0. The average Bonchev–Trinajstić information content (AvgIpc) is 3.07. The van der Waals surface area contributed by atoms with Crippen LogP contribution in [0.4, 0.5) is 0 Å². The zero-order valence-electron chi connectivity index (χ0n) is 14.5. The van der Waals surface area contributed by atoms with Gasteiger partial charge in [0, 0.05) is 61.9 Å². The van der Waals surface area contributed by atoms with Crippen LogP contribution in [-0.4, -0.2) is 45.3 Å². The molecule has 5 heteroatoms. The molecule has 0 radical (unpaired) electrons. The summed E-state index contributed by atoms with van der Waals surface area (Å²) >= 11 is 0. The van der Waals surface area contributed by atoms with E-state index in [9.17, 15) is 0 Å². The molecule has 1 atom stereocenters. The quantitative estimate of drug-likeness (QED) is 0.797. The Hall–Kier alpha value is -2.50. The Morgan fingerprint density at radius 3 is 2.80 bits per heavy atom. The van der Waals surface area contributed by atoms with Crippen molar-refractivity contribution < 1.29 is 0 Å². The summed E-state index contributed by atoms with van der Waals surface area (Å²) in [5.74, 6) is 0. The van der Waals surface area contributed by atoms with Crippen LogP contribution in [0.5, 0.6) is 0 Å². The number of piperazine rings is 1. The first-order valence-electron chi connectivity index (χ1n) is 8.80. The fraction of sp³-hybridized carbons (Fsp3) is 0.300. The lowest BCUT2D eigenvalue weighted by Crippen LogP contribution is -2.48. The van der Waals surface area contributed by atoms with Crippen molar-refractivity contribution in [2.75, 3.05) is 19.6 Å². The number of aromatic nitrogens is 3. The molecule has 0 bridgehead atoms. The van der Waals surface area contributed by atoms with Crippen molar-refractivity contribution in [3.05, 3.63) is 66.6 Å². The number of pyridine rings is 1. The largest absolute Gasteiger partial charge is 0.312 e. The second-order valence-corrected chi connectivity index (χ2v) is 6.62. The summed E-state index contributed by atoms with van der Waals surface area (Å²) < 4.78 is 1.98. The molecule has 1 aliphatic heterocycles. The van der Waals surface area contributed by atoms with Gasteiger partial charge in [0.2, 0.25) is 0 Å². The van der Waals surface area contributed by atoms with E-state index in [1.54, 1.807) is 6.20 Å². The number of nitrogens with zero attached hydrogens (tertiary/aromatic N) is 4. The van der Waals surface area contributed by atoms with E-state index in [1.807, 2.05) is 35.1 Å². The maximum atomic E-state index is 4.87. The minimum Gasteiger partial charge on any atom is -0.312 e. The van der Waals surface area contributed by atoms with Gasteiger partial charge >= 0.3 is 0 Å². The predicted molar refractivity (Wildman–Crippen MR) is 99.5 cm³/mol. The van der Waals surface area contributed by atoms with Gasteiger partial charge in [-0.1, -0.05) is 18.2 Å². The highest BCUT2D eigenvalue weighted by Gasteiger charge is 2.19. The van der Waals surface area contributed by atoms with Crippen LogP contribution in [-0.2, 0) is 6.54 Å². The van der Waals surface area contributed by atoms with E-state index < -0.39 is 0 Å². The van der Waals surface area contributed by atoms with E-state index in [-0.39, 0.29) is 0 Å². The van der Waals surface area contributed by atoms with Gasteiger partial charge in [-0.15, -0.1) is 0 Å². The molecule has 0 aliphatic carbocycles. The van der Waals surface area contributed by atoms with E-state index in [2.05, 4.69) is 46.5 Å². The van der Waals surface area contributed by atoms with Crippen molar-refractivity contribution in [3.63, 3.8) is 0 Å². The van der Waals surface area contributed by atoms with Gasteiger partial charge in [-0.3, -0.25) is 9.88 Å². The van der Waals surface area contributed by atoms with Gasteiger partial charge < -0.3 is 5.32 Å². The lowest BCUT2D eigenvalue weighted by atomic mass is 10.1.